The number of aliphatic hydroxyl groups excluding tert-OH is 1. The fraction of sp³-hybridized carbons (Fsp3) is 0.421. The third kappa shape index (κ3) is 4.15. The van der Waals surface area contributed by atoms with Gasteiger partial charge in [-0.2, -0.15) is 0 Å². The van der Waals surface area contributed by atoms with E-state index in [1.807, 2.05) is 24.3 Å². The molecule has 3 rings (SSSR count). The van der Waals surface area contributed by atoms with Gasteiger partial charge in [-0.25, -0.2) is 4.39 Å². The van der Waals surface area contributed by atoms with Crippen LogP contribution in [0.5, 0.6) is 0 Å². The maximum absolute atomic E-state index is 14.3. The first-order valence-electron chi connectivity index (χ1n) is 8.29. The first-order valence-corrected chi connectivity index (χ1v) is 8.29. The monoisotopic (exact) mass is 314 g/mol. The van der Waals surface area contributed by atoms with E-state index in [0.717, 1.165) is 36.8 Å². The molecular formula is C19H23FN2O. The number of benzene rings is 1. The number of aliphatic hydroxyl groups is 1. The van der Waals surface area contributed by atoms with Gasteiger partial charge in [0.05, 0.1) is 0 Å². The summed E-state index contributed by atoms with van der Waals surface area (Å²) in [5.41, 5.74) is 2.55. The fourth-order valence-corrected chi connectivity index (χ4v) is 3.22. The lowest BCUT2D eigenvalue weighted by atomic mass is 9.86. The number of hydrogen-bond donors (Lipinski definition) is 2. The van der Waals surface area contributed by atoms with Crippen molar-refractivity contribution < 1.29 is 9.50 Å². The number of aromatic nitrogens is 1. The zero-order valence-corrected chi connectivity index (χ0v) is 13.2. The van der Waals surface area contributed by atoms with Crippen LogP contribution in [0.25, 0.3) is 11.1 Å². The first kappa shape index (κ1) is 16.1. The van der Waals surface area contributed by atoms with Crippen LogP contribution in [-0.2, 0) is 6.54 Å². The van der Waals surface area contributed by atoms with E-state index in [0.29, 0.717) is 24.1 Å². The molecule has 0 aliphatic heterocycles. The van der Waals surface area contributed by atoms with Gasteiger partial charge in [0.2, 0.25) is 0 Å². The highest BCUT2D eigenvalue weighted by molar-refractivity contribution is 5.63. The Kier molecular flexibility index (Phi) is 5.36. The lowest BCUT2D eigenvalue weighted by Gasteiger charge is -2.28. The average Bonchev–Trinajstić information content (AvgIpc) is 2.62. The molecule has 0 amide bonds. The normalized spacial score (nSPS) is 21.3. The maximum atomic E-state index is 14.3. The van der Waals surface area contributed by atoms with E-state index in [1.165, 1.54) is 0 Å². The SMILES string of the molecule is OCC1CCC(NCc2ccc(-c3ccncc3)cc2F)CC1. The predicted molar refractivity (Wildman–Crippen MR) is 89.3 cm³/mol. The predicted octanol–water partition coefficient (Wildman–Crippen LogP) is 3.53. The van der Waals surface area contributed by atoms with Crippen molar-refractivity contribution in [3.05, 3.63) is 54.1 Å². The van der Waals surface area contributed by atoms with Crippen LogP contribution in [-0.4, -0.2) is 22.7 Å². The number of nitrogens with one attached hydrogen (secondary N) is 1. The Morgan fingerprint density at radius 2 is 1.78 bits per heavy atom. The second kappa shape index (κ2) is 7.66. The lowest BCUT2D eigenvalue weighted by Crippen LogP contribution is -2.33. The molecule has 1 aromatic heterocycles. The number of nitrogens with zero attached hydrogens (tertiary/aromatic N) is 1. The zero-order valence-electron chi connectivity index (χ0n) is 13.2. The van der Waals surface area contributed by atoms with E-state index in [9.17, 15) is 4.39 Å². The Morgan fingerprint density at radius 3 is 2.43 bits per heavy atom. The third-order valence-electron chi connectivity index (χ3n) is 4.75. The first-order chi connectivity index (χ1) is 11.3. The quantitative estimate of drug-likeness (QED) is 0.887. The topological polar surface area (TPSA) is 45.1 Å². The lowest BCUT2D eigenvalue weighted by molar-refractivity contribution is 0.175. The summed E-state index contributed by atoms with van der Waals surface area (Å²) in [7, 11) is 0. The Labute approximate surface area is 136 Å². The van der Waals surface area contributed by atoms with Gasteiger partial charge < -0.3 is 10.4 Å². The van der Waals surface area contributed by atoms with Gasteiger partial charge in [-0.05, 0) is 60.9 Å². The molecule has 0 unspecified atom stereocenters. The smallest absolute Gasteiger partial charge is 0.128 e. The summed E-state index contributed by atoms with van der Waals surface area (Å²) >= 11 is 0. The van der Waals surface area contributed by atoms with Crippen LogP contribution < -0.4 is 5.32 Å². The average molecular weight is 314 g/mol. The van der Waals surface area contributed by atoms with Crippen molar-refractivity contribution in [2.24, 2.45) is 5.92 Å². The molecule has 1 aromatic carbocycles. The zero-order chi connectivity index (χ0) is 16.1. The summed E-state index contributed by atoms with van der Waals surface area (Å²) < 4.78 is 14.3. The molecule has 23 heavy (non-hydrogen) atoms. The minimum atomic E-state index is -0.171. The highest BCUT2D eigenvalue weighted by Crippen LogP contribution is 2.25. The summed E-state index contributed by atoms with van der Waals surface area (Å²) in [6.45, 7) is 0.842. The van der Waals surface area contributed by atoms with Crippen LogP contribution in [0, 0.1) is 11.7 Å². The molecule has 0 atom stereocenters. The summed E-state index contributed by atoms with van der Waals surface area (Å²) in [6.07, 6.45) is 7.65. The third-order valence-corrected chi connectivity index (χ3v) is 4.75. The molecule has 0 radical (unpaired) electrons. The molecule has 0 spiro atoms. The van der Waals surface area contributed by atoms with Crippen LogP contribution in [0.2, 0.25) is 0 Å². The highest BCUT2D eigenvalue weighted by atomic mass is 19.1. The Hall–Kier alpha value is -1.78. The molecule has 4 heteroatoms. The minimum Gasteiger partial charge on any atom is -0.396 e. The molecule has 3 nitrogen and oxygen atoms in total. The number of halogens is 1. The Balaban J connectivity index is 1.59. The molecule has 0 saturated heterocycles. The molecular weight excluding hydrogens is 291 g/mol. The molecule has 1 fully saturated rings. The van der Waals surface area contributed by atoms with E-state index in [1.54, 1.807) is 18.5 Å². The van der Waals surface area contributed by atoms with Gasteiger partial charge in [0.25, 0.3) is 0 Å². The van der Waals surface area contributed by atoms with Crippen LogP contribution >= 0.6 is 0 Å². The van der Waals surface area contributed by atoms with Crippen molar-refractivity contribution in [3.8, 4) is 11.1 Å². The standard InChI is InChI=1S/C19H23FN2O/c20-19-11-16(15-7-9-21-10-8-15)3-4-17(19)12-22-18-5-1-14(13-23)2-6-18/h3-4,7-11,14,18,22-23H,1-2,5-6,12-13H2. The number of pyridine rings is 1. The largest absolute Gasteiger partial charge is 0.396 e. The second-order valence-electron chi connectivity index (χ2n) is 6.32. The van der Waals surface area contributed by atoms with Gasteiger partial charge >= 0.3 is 0 Å². The van der Waals surface area contributed by atoms with Crippen molar-refractivity contribution in [2.75, 3.05) is 6.61 Å². The highest BCUT2D eigenvalue weighted by Gasteiger charge is 2.20. The summed E-state index contributed by atoms with van der Waals surface area (Å²) in [4.78, 5) is 3.98. The maximum Gasteiger partial charge on any atom is 0.128 e. The molecule has 1 saturated carbocycles. The van der Waals surface area contributed by atoms with Crippen molar-refractivity contribution in [1.29, 1.82) is 0 Å². The van der Waals surface area contributed by atoms with Crippen LogP contribution in [0.1, 0.15) is 31.2 Å². The molecule has 2 aromatic rings. The van der Waals surface area contributed by atoms with E-state index in [2.05, 4.69) is 10.3 Å². The van der Waals surface area contributed by atoms with E-state index >= 15 is 0 Å². The molecule has 0 bridgehead atoms. The van der Waals surface area contributed by atoms with E-state index in [-0.39, 0.29) is 12.4 Å². The van der Waals surface area contributed by atoms with Gasteiger partial charge in [-0.3, -0.25) is 4.98 Å². The molecule has 1 aliphatic carbocycles. The van der Waals surface area contributed by atoms with Crippen LogP contribution in [0.3, 0.4) is 0 Å². The van der Waals surface area contributed by atoms with Crippen LogP contribution in [0.4, 0.5) is 4.39 Å². The molecule has 2 N–H and O–H groups in total. The van der Waals surface area contributed by atoms with Gasteiger partial charge in [0.15, 0.2) is 0 Å². The van der Waals surface area contributed by atoms with Gasteiger partial charge in [0.1, 0.15) is 5.82 Å². The Bertz CT molecular complexity index is 625. The van der Waals surface area contributed by atoms with Gasteiger partial charge in [-0.1, -0.05) is 12.1 Å². The second-order valence-corrected chi connectivity index (χ2v) is 6.32. The summed E-state index contributed by atoms with van der Waals surface area (Å²) in [5, 5.41) is 12.6. The molecule has 1 heterocycles. The van der Waals surface area contributed by atoms with Crippen molar-refractivity contribution >= 4 is 0 Å². The summed E-state index contributed by atoms with van der Waals surface area (Å²) in [5.74, 6) is 0.278. The van der Waals surface area contributed by atoms with E-state index in [4.69, 9.17) is 5.11 Å². The van der Waals surface area contributed by atoms with Crippen molar-refractivity contribution in [2.45, 2.75) is 38.3 Å². The molecule has 122 valence electrons. The molecule has 1 aliphatic rings. The van der Waals surface area contributed by atoms with E-state index < -0.39 is 0 Å². The number of rotatable bonds is 5. The van der Waals surface area contributed by atoms with Crippen LogP contribution in [0.15, 0.2) is 42.7 Å². The fourth-order valence-electron chi connectivity index (χ4n) is 3.22. The minimum absolute atomic E-state index is 0.171. The van der Waals surface area contributed by atoms with Gasteiger partial charge in [-0.15, -0.1) is 0 Å². The van der Waals surface area contributed by atoms with Gasteiger partial charge in [0, 0.05) is 37.2 Å². The van der Waals surface area contributed by atoms with Crippen molar-refractivity contribution in [3.63, 3.8) is 0 Å². The summed E-state index contributed by atoms with van der Waals surface area (Å²) in [6, 6.07) is 9.60. The Morgan fingerprint density at radius 1 is 1.04 bits per heavy atom. The number of hydrogen-bond acceptors (Lipinski definition) is 3. The van der Waals surface area contributed by atoms with Crippen molar-refractivity contribution in [1.82, 2.24) is 10.3 Å².